The molecule has 0 saturated carbocycles. The maximum atomic E-state index is 10.7. The van der Waals surface area contributed by atoms with Crippen molar-refractivity contribution in [3.8, 4) is 0 Å². The Morgan fingerprint density at radius 2 is 2.00 bits per heavy atom. The van der Waals surface area contributed by atoms with Gasteiger partial charge in [-0.15, -0.1) is 0 Å². The lowest BCUT2D eigenvalue weighted by atomic mass is 10.2. The largest absolute Gasteiger partial charge is 0.399 e. The number of amides is 2. The van der Waals surface area contributed by atoms with Crippen molar-refractivity contribution in [3.05, 3.63) is 24.3 Å². The van der Waals surface area contributed by atoms with E-state index in [1.165, 1.54) is 0 Å². The molecular weight excluding hydrogens is 192 g/mol. The standard InChI is InChI=1S/C10H16N4O/c1-2-9(14-10(12)15)13-8-5-3-7(11)4-6-8/h3-6,9,13H,2,11H2,1H3,(H3,12,14,15). The van der Waals surface area contributed by atoms with Crippen molar-refractivity contribution in [2.24, 2.45) is 5.73 Å². The van der Waals surface area contributed by atoms with E-state index in [1.54, 1.807) is 12.1 Å². The number of hydrogen-bond donors (Lipinski definition) is 4. The van der Waals surface area contributed by atoms with Crippen LogP contribution in [0.4, 0.5) is 16.2 Å². The number of nitrogen functional groups attached to an aromatic ring is 1. The molecule has 0 fully saturated rings. The molecule has 0 aliphatic heterocycles. The highest BCUT2D eigenvalue weighted by atomic mass is 16.2. The summed E-state index contributed by atoms with van der Waals surface area (Å²) < 4.78 is 0. The second-order valence-electron chi connectivity index (χ2n) is 3.24. The van der Waals surface area contributed by atoms with E-state index in [-0.39, 0.29) is 6.17 Å². The van der Waals surface area contributed by atoms with E-state index in [4.69, 9.17) is 11.5 Å². The molecule has 0 saturated heterocycles. The first-order valence-electron chi connectivity index (χ1n) is 4.80. The van der Waals surface area contributed by atoms with Crippen molar-refractivity contribution < 1.29 is 4.79 Å². The van der Waals surface area contributed by atoms with Crippen molar-refractivity contribution in [2.45, 2.75) is 19.5 Å². The van der Waals surface area contributed by atoms with E-state index in [2.05, 4.69) is 10.6 Å². The maximum absolute atomic E-state index is 10.7. The van der Waals surface area contributed by atoms with Gasteiger partial charge in [0.1, 0.15) is 6.17 Å². The Kier molecular flexibility index (Phi) is 3.79. The third kappa shape index (κ3) is 3.76. The quantitative estimate of drug-likeness (QED) is 0.440. The van der Waals surface area contributed by atoms with Crippen LogP contribution in [0.2, 0.25) is 0 Å². The van der Waals surface area contributed by atoms with Crippen LogP contribution < -0.4 is 22.1 Å². The topological polar surface area (TPSA) is 93.2 Å². The molecule has 0 radical (unpaired) electrons. The van der Waals surface area contributed by atoms with Crippen LogP contribution in [0.5, 0.6) is 0 Å². The minimum absolute atomic E-state index is 0.161. The SMILES string of the molecule is CCC(NC(N)=O)Nc1ccc(N)cc1. The highest BCUT2D eigenvalue weighted by Crippen LogP contribution is 2.11. The first-order valence-corrected chi connectivity index (χ1v) is 4.80. The zero-order chi connectivity index (χ0) is 11.3. The van der Waals surface area contributed by atoms with E-state index in [0.717, 1.165) is 12.1 Å². The molecule has 0 aromatic heterocycles. The van der Waals surface area contributed by atoms with Crippen molar-refractivity contribution >= 4 is 17.4 Å². The maximum Gasteiger partial charge on any atom is 0.313 e. The van der Waals surface area contributed by atoms with Crippen LogP contribution in [0.3, 0.4) is 0 Å². The van der Waals surface area contributed by atoms with Crippen LogP contribution in [0.25, 0.3) is 0 Å². The Morgan fingerprint density at radius 3 is 2.47 bits per heavy atom. The lowest BCUT2D eigenvalue weighted by Gasteiger charge is -2.18. The van der Waals surface area contributed by atoms with Crippen molar-refractivity contribution in [1.82, 2.24) is 5.32 Å². The molecule has 5 nitrogen and oxygen atoms in total. The predicted octanol–water partition coefficient (Wildman–Crippen LogP) is 1.09. The summed E-state index contributed by atoms with van der Waals surface area (Å²) in [6, 6.07) is 6.74. The average molecular weight is 208 g/mol. The number of carbonyl (C=O) groups excluding carboxylic acids is 1. The Hall–Kier alpha value is -1.91. The predicted molar refractivity (Wildman–Crippen MR) is 61.3 cm³/mol. The number of urea groups is 1. The number of anilines is 2. The Balaban J connectivity index is 2.58. The number of nitrogens with one attached hydrogen (secondary N) is 2. The van der Waals surface area contributed by atoms with Gasteiger partial charge in [-0.2, -0.15) is 0 Å². The van der Waals surface area contributed by atoms with Crippen LogP contribution in [-0.2, 0) is 0 Å². The minimum Gasteiger partial charge on any atom is -0.399 e. The fourth-order valence-corrected chi connectivity index (χ4v) is 1.19. The van der Waals surface area contributed by atoms with Crippen LogP contribution in [0, 0.1) is 0 Å². The smallest absolute Gasteiger partial charge is 0.313 e. The third-order valence-corrected chi connectivity index (χ3v) is 1.98. The molecule has 0 aliphatic carbocycles. The first kappa shape index (κ1) is 11.2. The zero-order valence-corrected chi connectivity index (χ0v) is 8.66. The first-order chi connectivity index (χ1) is 7.11. The van der Waals surface area contributed by atoms with Gasteiger partial charge in [-0.1, -0.05) is 6.92 Å². The normalized spacial score (nSPS) is 11.8. The molecule has 0 aliphatic rings. The second kappa shape index (κ2) is 5.09. The molecule has 1 rings (SSSR count). The van der Waals surface area contributed by atoms with Gasteiger partial charge in [0.05, 0.1) is 0 Å². The van der Waals surface area contributed by atoms with Gasteiger partial charge in [0.25, 0.3) is 0 Å². The molecule has 82 valence electrons. The molecule has 1 atom stereocenters. The lowest BCUT2D eigenvalue weighted by Crippen LogP contribution is -2.42. The molecule has 0 bridgehead atoms. The highest BCUT2D eigenvalue weighted by Gasteiger charge is 2.06. The fraction of sp³-hybridized carbons (Fsp3) is 0.300. The van der Waals surface area contributed by atoms with Gasteiger partial charge in [0.2, 0.25) is 0 Å². The highest BCUT2D eigenvalue weighted by molar-refractivity contribution is 5.72. The molecule has 15 heavy (non-hydrogen) atoms. The third-order valence-electron chi connectivity index (χ3n) is 1.98. The van der Waals surface area contributed by atoms with Gasteiger partial charge in [-0.25, -0.2) is 4.79 Å². The van der Waals surface area contributed by atoms with Gasteiger partial charge in [-0.05, 0) is 30.7 Å². The summed E-state index contributed by atoms with van der Waals surface area (Å²) in [5.41, 5.74) is 12.2. The fourth-order valence-electron chi connectivity index (χ4n) is 1.19. The number of primary amides is 1. The number of hydrogen-bond acceptors (Lipinski definition) is 3. The van der Waals surface area contributed by atoms with Crippen LogP contribution in [-0.4, -0.2) is 12.2 Å². The Bertz CT molecular complexity index is 323. The summed E-state index contributed by atoms with van der Waals surface area (Å²) in [4.78, 5) is 10.7. The number of benzene rings is 1. The summed E-state index contributed by atoms with van der Waals surface area (Å²) in [6.07, 6.45) is 0.582. The molecule has 5 heteroatoms. The number of rotatable bonds is 4. The molecule has 1 aromatic rings. The Labute approximate surface area is 88.8 Å². The molecule has 0 heterocycles. The van der Waals surface area contributed by atoms with E-state index < -0.39 is 6.03 Å². The molecule has 1 aromatic carbocycles. The molecule has 2 amide bonds. The van der Waals surface area contributed by atoms with Gasteiger partial charge in [0.15, 0.2) is 0 Å². The van der Waals surface area contributed by atoms with Gasteiger partial charge in [-0.3, -0.25) is 0 Å². The minimum atomic E-state index is -0.537. The summed E-state index contributed by atoms with van der Waals surface area (Å²) in [7, 11) is 0. The monoisotopic (exact) mass is 208 g/mol. The van der Waals surface area contributed by atoms with Gasteiger partial charge < -0.3 is 22.1 Å². The van der Waals surface area contributed by atoms with Crippen LogP contribution in [0.15, 0.2) is 24.3 Å². The summed E-state index contributed by atoms with van der Waals surface area (Å²) >= 11 is 0. The van der Waals surface area contributed by atoms with Crippen molar-refractivity contribution in [2.75, 3.05) is 11.1 Å². The second-order valence-corrected chi connectivity index (χ2v) is 3.24. The van der Waals surface area contributed by atoms with E-state index >= 15 is 0 Å². The molecule has 0 spiro atoms. The van der Waals surface area contributed by atoms with E-state index in [9.17, 15) is 4.79 Å². The lowest BCUT2D eigenvalue weighted by molar-refractivity contribution is 0.246. The Morgan fingerprint density at radius 1 is 1.40 bits per heavy atom. The van der Waals surface area contributed by atoms with Crippen molar-refractivity contribution in [1.29, 1.82) is 0 Å². The molecule has 6 N–H and O–H groups in total. The van der Waals surface area contributed by atoms with Crippen molar-refractivity contribution in [3.63, 3.8) is 0 Å². The number of carbonyl (C=O) groups is 1. The summed E-state index contributed by atoms with van der Waals surface area (Å²) in [5, 5.41) is 5.71. The van der Waals surface area contributed by atoms with Crippen LogP contribution >= 0.6 is 0 Å². The molecule has 1 unspecified atom stereocenters. The van der Waals surface area contributed by atoms with E-state index in [1.807, 2.05) is 19.1 Å². The average Bonchev–Trinajstić information content (AvgIpc) is 2.19. The van der Waals surface area contributed by atoms with Gasteiger partial charge >= 0.3 is 6.03 Å². The van der Waals surface area contributed by atoms with E-state index in [0.29, 0.717) is 5.69 Å². The van der Waals surface area contributed by atoms with Crippen LogP contribution in [0.1, 0.15) is 13.3 Å². The summed E-state index contributed by atoms with van der Waals surface area (Å²) in [5.74, 6) is 0. The van der Waals surface area contributed by atoms with Gasteiger partial charge in [0, 0.05) is 11.4 Å². The summed E-state index contributed by atoms with van der Waals surface area (Å²) in [6.45, 7) is 1.95. The number of nitrogens with two attached hydrogens (primary N) is 2. The molecular formula is C10H16N4O. The zero-order valence-electron chi connectivity index (χ0n) is 8.66.